The quantitative estimate of drug-likeness (QED) is 0.573. The summed E-state index contributed by atoms with van der Waals surface area (Å²) < 4.78 is 0. The van der Waals surface area contributed by atoms with Gasteiger partial charge in [0.2, 0.25) is 0 Å². The predicted octanol–water partition coefficient (Wildman–Crippen LogP) is 0.979. The van der Waals surface area contributed by atoms with Crippen molar-refractivity contribution in [3.63, 3.8) is 0 Å². The van der Waals surface area contributed by atoms with Gasteiger partial charge in [-0.15, -0.1) is 0 Å². The summed E-state index contributed by atoms with van der Waals surface area (Å²) in [6, 6.07) is 0. The Balaban J connectivity index is 2.02. The summed E-state index contributed by atoms with van der Waals surface area (Å²) in [6.45, 7) is 0. The van der Waals surface area contributed by atoms with Crippen LogP contribution in [0.15, 0.2) is 0 Å². The van der Waals surface area contributed by atoms with Crippen LogP contribution in [0, 0.1) is 0 Å². The summed E-state index contributed by atoms with van der Waals surface area (Å²) >= 11 is 0. The Morgan fingerprint density at radius 2 is 1.90 bits per heavy atom. The van der Waals surface area contributed by atoms with Crippen LogP contribution in [0.5, 0.6) is 0 Å². The minimum Gasteiger partial charge on any atom is -0.339 e. The predicted molar refractivity (Wildman–Crippen MR) is 47.4 cm³/mol. The van der Waals surface area contributed by atoms with Gasteiger partial charge in [-0.25, -0.2) is 0 Å². The van der Waals surface area contributed by atoms with Gasteiger partial charge in [-0.05, 0) is 6.44 Å². The molecular weight excluding hydrogens is 120 g/mol. The van der Waals surface area contributed by atoms with E-state index in [9.17, 15) is 0 Å². The highest BCUT2D eigenvalue weighted by atomic mass is 14.5. The Labute approximate surface area is 65.2 Å². The second-order valence-corrected chi connectivity index (χ2v) is 3.06. The molecule has 0 aromatic carbocycles. The van der Waals surface area contributed by atoms with E-state index in [1.807, 2.05) is 0 Å². The Morgan fingerprint density at radius 1 is 1.20 bits per heavy atom. The molecular formula is C7H15B2N. The maximum Gasteiger partial charge on any atom is 0.0842 e. The van der Waals surface area contributed by atoms with E-state index >= 15 is 0 Å². The van der Waals surface area contributed by atoms with Crippen LogP contribution in [0.25, 0.3) is 0 Å². The van der Waals surface area contributed by atoms with Gasteiger partial charge in [0.25, 0.3) is 0 Å². The second-order valence-electron chi connectivity index (χ2n) is 3.06. The maximum atomic E-state index is 5.36. The molecule has 0 heterocycles. The number of hydrogen-bond acceptors (Lipinski definition) is 1. The molecule has 0 atom stereocenters. The molecule has 0 bridgehead atoms. The summed E-state index contributed by atoms with van der Waals surface area (Å²) in [6.07, 6.45) is 7.75. The average Bonchev–Trinajstić information content (AvgIpc) is 2.03. The van der Waals surface area contributed by atoms with E-state index in [1.54, 1.807) is 0 Å². The zero-order valence-corrected chi connectivity index (χ0v) is 6.55. The maximum absolute atomic E-state index is 5.36. The Kier molecular flexibility index (Phi) is 3.96. The van der Waals surface area contributed by atoms with Crippen LogP contribution in [0.1, 0.15) is 32.1 Å². The molecule has 1 saturated carbocycles. The third-order valence-electron chi connectivity index (χ3n) is 2.19. The van der Waals surface area contributed by atoms with Gasteiger partial charge in [-0.3, -0.25) is 0 Å². The Hall–Kier alpha value is 0.0899. The molecule has 1 aliphatic carbocycles. The van der Waals surface area contributed by atoms with E-state index in [2.05, 4.69) is 14.3 Å². The largest absolute Gasteiger partial charge is 0.339 e. The fraction of sp³-hybridized carbons (Fsp3) is 1.00. The molecule has 10 heavy (non-hydrogen) atoms. The van der Waals surface area contributed by atoms with Crippen LogP contribution < -0.4 is 5.73 Å². The Morgan fingerprint density at radius 3 is 2.50 bits per heavy atom. The van der Waals surface area contributed by atoms with Gasteiger partial charge in [0.1, 0.15) is 0 Å². The summed E-state index contributed by atoms with van der Waals surface area (Å²) in [7, 11) is 4.38. The van der Waals surface area contributed by atoms with Crippen molar-refractivity contribution < 1.29 is 0 Å². The van der Waals surface area contributed by atoms with Gasteiger partial charge >= 0.3 is 0 Å². The van der Waals surface area contributed by atoms with Gasteiger partial charge in [0, 0.05) is 0 Å². The number of nitrogens with two attached hydrogens (primary N) is 1. The lowest BCUT2D eigenvalue weighted by molar-refractivity contribution is 0.503. The standard InChI is InChI=1S/C7H15B2N/c10-6-8-9-7-4-2-1-3-5-7/h7H,1-6,10H2. The normalized spacial score (nSPS) is 20.5. The molecule has 0 aliphatic heterocycles. The number of rotatable bonds is 3. The molecule has 0 unspecified atom stereocenters. The first kappa shape index (κ1) is 8.19. The van der Waals surface area contributed by atoms with E-state index in [4.69, 9.17) is 5.73 Å². The molecule has 0 saturated heterocycles. The molecule has 0 spiro atoms. The third kappa shape index (κ3) is 2.78. The van der Waals surface area contributed by atoms with Crippen molar-refractivity contribution in [1.82, 2.24) is 0 Å². The van der Waals surface area contributed by atoms with Crippen molar-refractivity contribution in [1.29, 1.82) is 0 Å². The molecule has 0 amide bonds. The van der Waals surface area contributed by atoms with Crippen molar-refractivity contribution in [3.8, 4) is 0 Å². The highest BCUT2D eigenvalue weighted by Gasteiger charge is 2.12. The fourth-order valence-corrected chi connectivity index (χ4v) is 1.60. The topological polar surface area (TPSA) is 26.0 Å². The first-order valence-corrected chi connectivity index (χ1v) is 4.30. The fourth-order valence-electron chi connectivity index (χ4n) is 1.60. The molecule has 2 N–H and O–H groups in total. The third-order valence-corrected chi connectivity index (χ3v) is 2.19. The molecule has 1 aliphatic rings. The first-order valence-electron chi connectivity index (χ1n) is 4.30. The second kappa shape index (κ2) is 4.84. The minimum atomic E-state index is 0.705. The molecule has 1 rings (SSSR count). The van der Waals surface area contributed by atoms with Crippen LogP contribution in [0.3, 0.4) is 0 Å². The summed E-state index contributed by atoms with van der Waals surface area (Å²) in [5.74, 6) is 0.845. The molecule has 0 aromatic heterocycles. The van der Waals surface area contributed by atoms with E-state index in [0.717, 1.165) is 5.82 Å². The van der Waals surface area contributed by atoms with Gasteiger partial charge < -0.3 is 5.73 Å². The highest BCUT2D eigenvalue weighted by Crippen LogP contribution is 2.26. The van der Waals surface area contributed by atoms with E-state index in [-0.39, 0.29) is 0 Å². The molecule has 1 fully saturated rings. The van der Waals surface area contributed by atoms with Crippen LogP contribution in [-0.2, 0) is 0 Å². The smallest absolute Gasteiger partial charge is 0.0842 e. The monoisotopic (exact) mass is 135 g/mol. The molecule has 3 heteroatoms. The van der Waals surface area contributed by atoms with Gasteiger partial charge in [-0.1, -0.05) is 37.9 Å². The van der Waals surface area contributed by atoms with Crippen molar-refractivity contribution in [2.75, 3.05) is 6.44 Å². The van der Waals surface area contributed by atoms with Gasteiger partial charge in [0.15, 0.2) is 0 Å². The Bertz CT molecular complexity index is 81.7. The van der Waals surface area contributed by atoms with Gasteiger partial charge in [-0.2, -0.15) is 0 Å². The molecule has 1 nitrogen and oxygen atoms in total. The van der Waals surface area contributed by atoms with Crippen molar-refractivity contribution in [2.24, 2.45) is 5.73 Å². The first-order chi connectivity index (χ1) is 4.93. The summed E-state index contributed by atoms with van der Waals surface area (Å²) in [4.78, 5) is 0. The van der Waals surface area contributed by atoms with E-state index in [0.29, 0.717) is 6.44 Å². The minimum absolute atomic E-state index is 0.705. The highest BCUT2D eigenvalue weighted by molar-refractivity contribution is 7.01. The lowest BCUT2D eigenvalue weighted by atomic mass is 9.32. The van der Waals surface area contributed by atoms with Crippen LogP contribution in [-0.4, -0.2) is 20.8 Å². The van der Waals surface area contributed by atoms with E-state index in [1.165, 1.54) is 32.1 Å². The molecule has 2 radical (unpaired) electrons. The summed E-state index contributed by atoms with van der Waals surface area (Å²) in [5, 5.41) is 0. The van der Waals surface area contributed by atoms with Crippen molar-refractivity contribution in [3.05, 3.63) is 0 Å². The van der Waals surface area contributed by atoms with Crippen LogP contribution >= 0.6 is 0 Å². The molecule has 54 valence electrons. The van der Waals surface area contributed by atoms with Crippen LogP contribution in [0.4, 0.5) is 0 Å². The van der Waals surface area contributed by atoms with Crippen molar-refractivity contribution >= 4 is 14.3 Å². The lowest BCUT2D eigenvalue weighted by Gasteiger charge is -2.20. The lowest BCUT2D eigenvalue weighted by Crippen LogP contribution is -2.21. The van der Waals surface area contributed by atoms with E-state index < -0.39 is 0 Å². The van der Waals surface area contributed by atoms with Gasteiger partial charge in [0.05, 0.1) is 14.3 Å². The average molecular weight is 135 g/mol. The zero-order chi connectivity index (χ0) is 7.23. The number of hydrogen-bond donors (Lipinski definition) is 1. The summed E-state index contributed by atoms with van der Waals surface area (Å²) in [5.41, 5.74) is 5.36. The zero-order valence-electron chi connectivity index (χ0n) is 6.55. The SMILES string of the molecule is NC[B][B]C1CCCCC1. The molecule has 0 aromatic rings. The van der Waals surface area contributed by atoms with Crippen molar-refractivity contribution in [2.45, 2.75) is 37.9 Å². The van der Waals surface area contributed by atoms with Crippen LogP contribution in [0.2, 0.25) is 5.82 Å².